The Kier molecular flexibility index (Phi) is 5.46. The van der Waals surface area contributed by atoms with Crippen molar-refractivity contribution in [2.75, 3.05) is 31.5 Å². The van der Waals surface area contributed by atoms with Gasteiger partial charge in [0.2, 0.25) is 0 Å². The number of nitrogens with one attached hydrogen (secondary N) is 2. The van der Waals surface area contributed by atoms with Crippen LogP contribution >= 0.6 is 0 Å². The molecule has 0 bridgehead atoms. The standard InChI is InChI=1S/C20H25N3/c1-2-20(23-14-12-21-13-15-23)18-8-10-19(11-9-18)22-16-17-6-4-3-5-7-17/h2-11,20-22H,1,12-16H2/t20-/m1/s1. The second kappa shape index (κ2) is 7.95. The Hall–Kier alpha value is -2.10. The summed E-state index contributed by atoms with van der Waals surface area (Å²) in [5.41, 5.74) is 3.76. The van der Waals surface area contributed by atoms with Crippen LogP contribution in [0.4, 0.5) is 5.69 Å². The second-order valence-electron chi connectivity index (χ2n) is 5.93. The highest BCUT2D eigenvalue weighted by Gasteiger charge is 2.19. The Bertz CT molecular complexity index is 601. The zero-order valence-corrected chi connectivity index (χ0v) is 13.5. The van der Waals surface area contributed by atoms with Crippen molar-refractivity contribution in [1.29, 1.82) is 0 Å². The third kappa shape index (κ3) is 4.21. The fourth-order valence-electron chi connectivity index (χ4n) is 3.05. The minimum absolute atomic E-state index is 0.306. The van der Waals surface area contributed by atoms with Gasteiger partial charge in [0.1, 0.15) is 0 Å². The van der Waals surface area contributed by atoms with Crippen LogP contribution < -0.4 is 10.6 Å². The molecule has 1 aliphatic rings. The normalized spacial score (nSPS) is 16.7. The van der Waals surface area contributed by atoms with Gasteiger partial charge in [0, 0.05) is 38.4 Å². The van der Waals surface area contributed by atoms with Crippen molar-refractivity contribution in [2.24, 2.45) is 0 Å². The van der Waals surface area contributed by atoms with E-state index < -0.39 is 0 Å². The quantitative estimate of drug-likeness (QED) is 0.801. The minimum Gasteiger partial charge on any atom is -0.381 e. The van der Waals surface area contributed by atoms with E-state index in [4.69, 9.17) is 0 Å². The van der Waals surface area contributed by atoms with E-state index in [1.54, 1.807) is 0 Å². The predicted molar refractivity (Wildman–Crippen MR) is 97.6 cm³/mol. The number of benzene rings is 2. The maximum absolute atomic E-state index is 4.03. The molecule has 2 aromatic rings. The fourth-order valence-corrected chi connectivity index (χ4v) is 3.05. The van der Waals surface area contributed by atoms with Crippen molar-refractivity contribution < 1.29 is 0 Å². The molecule has 3 heteroatoms. The zero-order chi connectivity index (χ0) is 15.9. The topological polar surface area (TPSA) is 27.3 Å². The summed E-state index contributed by atoms with van der Waals surface area (Å²) in [6.07, 6.45) is 2.05. The van der Waals surface area contributed by atoms with Gasteiger partial charge in [0.05, 0.1) is 6.04 Å². The van der Waals surface area contributed by atoms with Crippen molar-refractivity contribution in [3.8, 4) is 0 Å². The summed E-state index contributed by atoms with van der Waals surface area (Å²) < 4.78 is 0. The average Bonchev–Trinajstić information content (AvgIpc) is 2.63. The van der Waals surface area contributed by atoms with Crippen LogP contribution in [0, 0.1) is 0 Å². The first-order chi connectivity index (χ1) is 11.4. The van der Waals surface area contributed by atoms with E-state index in [1.807, 2.05) is 6.07 Å². The summed E-state index contributed by atoms with van der Waals surface area (Å²) in [4.78, 5) is 2.48. The Morgan fingerprint density at radius 3 is 2.39 bits per heavy atom. The monoisotopic (exact) mass is 307 g/mol. The van der Waals surface area contributed by atoms with Gasteiger partial charge >= 0.3 is 0 Å². The third-order valence-corrected chi connectivity index (χ3v) is 4.36. The highest BCUT2D eigenvalue weighted by Crippen LogP contribution is 2.24. The lowest BCUT2D eigenvalue weighted by molar-refractivity contribution is 0.203. The molecule has 0 saturated carbocycles. The molecular formula is C20H25N3. The molecule has 3 rings (SSSR count). The Balaban J connectivity index is 1.62. The lowest BCUT2D eigenvalue weighted by Crippen LogP contribution is -2.44. The van der Waals surface area contributed by atoms with Gasteiger partial charge in [-0.3, -0.25) is 4.90 Å². The van der Waals surface area contributed by atoms with Gasteiger partial charge in [-0.2, -0.15) is 0 Å². The van der Waals surface area contributed by atoms with Crippen molar-refractivity contribution in [1.82, 2.24) is 10.2 Å². The summed E-state index contributed by atoms with van der Waals surface area (Å²) in [7, 11) is 0. The van der Waals surface area contributed by atoms with Crippen LogP contribution in [-0.2, 0) is 6.54 Å². The molecule has 1 saturated heterocycles. The van der Waals surface area contributed by atoms with Crippen LogP contribution in [0.25, 0.3) is 0 Å². The molecule has 0 unspecified atom stereocenters. The second-order valence-corrected chi connectivity index (χ2v) is 5.93. The molecule has 0 spiro atoms. The van der Waals surface area contributed by atoms with E-state index in [0.29, 0.717) is 6.04 Å². The first-order valence-electron chi connectivity index (χ1n) is 8.32. The molecule has 0 aromatic heterocycles. The molecule has 1 fully saturated rings. The number of nitrogens with zero attached hydrogens (tertiary/aromatic N) is 1. The predicted octanol–water partition coefficient (Wildman–Crippen LogP) is 3.43. The van der Waals surface area contributed by atoms with Crippen LogP contribution in [0.5, 0.6) is 0 Å². The van der Waals surface area contributed by atoms with E-state index in [-0.39, 0.29) is 0 Å². The van der Waals surface area contributed by atoms with Crippen LogP contribution in [-0.4, -0.2) is 31.1 Å². The van der Waals surface area contributed by atoms with E-state index in [9.17, 15) is 0 Å². The van der Waals surface area contributed by atoms with Gasteiger partial charge in [-0.25, -0.2) is 0 Å². The smallest absolute Gasteiger partial charge is 0.0530 e. The first kappa shape index (κ1) is 15.8. The van der Waals surface area contributed by atoms with Gasteiger partial charge in [-0.15, -0.1) is 6.58 Å². The molecule has 120 valence electrons. The van der Waals surface area contributed by atoms with Crippen LogP contribution in [0.3, 0.4) is 0 Å². The van der Waals surface area contributed by atoms with Crippen molar-refractivity contribution in [2.45, 2.75) is 12.6 Å². The van der Waals surface area contributed by atoms with Crippen LogP contribution in [0.1, 0.15) is 17.2 Å². The van der Waals surface area contributed by atoms with Gasteiger partial charge in [0.25, 0.3) is 0 Å². The van der Waals surface area contributed by atoms with E-state index in [2.05, 4.69) is 76.7 Å². The summed E-state index contributed by atoms with van der Waals surface area (Å²) in [5, 5.41) is 6.88. The molecular weight excluding hydrogens is 282 g/mol. The summed E-state index contributed by atoms with van der Waals surface area (Å²) in [6.45, 7) is 9.14. The lowest BCUT2D eigenvalue weighted by Gasteiger charge is -2.33. The molecule has 23 heavy (non-hydrogen) atoms. The molecule has 3 nitrogen and oxygen atoms in total. The molecule has 2 aromatic carbocycles. The molecule has 2 N–H and O–H groups in total. The molecule has 0 radical (unpaired) electrons. The summed E-state index contributed by atoms with van der Waals surface area (Å²) in [6, 6.07) is 19.5. The van der Waals surface area contributed by atoms with Crippen molar-refractivity contribution in [3.05, 3.63) is 78.4 Å². The molecule has 1 aliphatic heterocycles. The van der Waals surface area contributed by atoms with Gasteiger partial charge < -0.3 is 10.6 Å². The molecule has 1 atom stereocenters. The summed E-state index contributed by atoms with van der Waals surface area (Å²) in [5.74, 6) is 0. The van der Waals surface area contributed by atoms with Gasteiger partial charge in [-0.1, -0.05) is 48.5 Å². The van der Waals surface area contributed by atoms with E-state index in [1.165, 1.54) is 11.1 Å². The number of anilines is 1. The summed E-state index contributed by atoms with van der Waals surface area (Å²) >= 11 is 0. The maximum atomic E-state index is 4.03. The molecule has 1 heterocycles. The van der Waals surface area contributed by atoms with E-state index >= 15 is 0 Å². The zero-order valence-electron chi connectivity index (χ0n) is 13.5. The largest absolute Gasteiger partial charge is 0.381 e. The SMILES string of the molecule is C=C[C@H](c1ccc(NCc2ccccc2)cc1)N1CCNCC1. The Morgan fingerprint density at radius 2 is 1.74 bits per heavy atom. The first-order valence-corrected chi connectivity index (χ1v) is 8.32. The number of hydrogen-bond donors (Lipinski definition) is 2. The number of piperazine rings is 1. The van der Waals surface area contributed by atoms with Gasteiger partial charge in [0.15, 0.2) is 0 Å². The Morgan fingerprint density at radius 1 is 1.04 bits per heavy atom. The highest BCUT2D eigenvalue weighted by atomic mass is 15.2. The van der Waals surface area contributed by atoms with Gasteiger partial charge in [-0.05, 0) is 23.3 Å². The molecule has 0 aliphatic carbocycles. The average molecular weight is 307 g/mol. The third-order valence-electron chi connectivity index (χ3n) is 4.36. The lowest BCUT2D eigenvalue weighted by atomic mass is 10.0. The van der Waals surface area contributed by atoms with Crippen molar-refractivity contribution in [3.63, 3.8) is 0 Å². The van der Waals surface area contributed by atoms with Crippen LogP contribution in [0.15, 0.2) is 67.3 Å². The van der Waals surface area contributed by atoms with Crippen LogP contribution in [0.2, 0.25) is 0 Å². The minimum atomic E-state index is 0.306. The number of rotatable bonds is 6. The maximum Gasteiger partial charge on any atom is 0.0530 e. The fraction of sp³-hybridized carbons (Fsp3) is 0.300. The van der Waals surface area contributed by atoms with Crippen molar-refractivity contribution >= 4 is 5.69 Å². The highest BCUT2D eigenvalue weighted by molar-refractivity contribution is 5.46. The van der Waals surface area contributed by atoms with E-state index in [0.717, 1.165) is 38.4 Å². The molecule has 0 amide bonds. The Labute approximate surface area is 139 Å². The number of hydrogen-bond acceptors (Lipinski definition) is 3.